The lowest BCUT2D eigenvalue weighted by Crippen LogP contribution is -2.25. The first kappa shape index (κ1) is 18.2. The van der Waals surface area contributed by atoms with E-state index in [-0.39, 0.29) is 24.7 Å². The number of nitrogens with zero attached hydrogens (tertiary/aromatic N) is 2. The van der Waals surface area contributed by atoms with E-state index in [0.717, 1.165) is 22.6 Å². The van der Waals surface area contributed by atoms with Gasteiger partial charge in [0.2, 0.25) is 5.91 Å². The second-order valence-electron chi connectivity index (χ2n) is 6.39. The average molecular weight is 394 g/mol. The zero-order valence-electron chi connectivity index (χ0n) is 14.9. The van der Waals surface area contributed by atoms with Crippen LogP contribution in [0.15, 0.2) is 72.9 Å². The molecule has 140 valence electrons. The number of nitrogens with one attached hydrogen (secondary N) is 1. The summed E-state index contributed by atoms with van der Waals surface area (Å²) in [6, 6.07) is 19.4. The number of aromatic nitrogens is 2. The van der Waals surface area contributed by atoms with Crippen LogP contribution in [0.1, 0.15) is 11.3 Å². The Bertz CT molecular complexity index is 1140. The molecule has 0 radical (unpaired) electrons. The van der Waals surface area contributed by atoms with Crippen molar-refractivity contribution in [2.24, 2.45) is 0 Å². The van der Waals surface area contributed by atoms with Crippen molar-refractivity contribution in [1.29, 1.82) is 0 Å². The molecule has 0 atom stereocenters. The van der Waals surface area contributed by atoms with Crippen LogP contribution in [0.5, 0.6) is 0 Å². The highest BCUT2D eigenvalue weighted by Gasteiger charge is 2.17. The van der Waals surface area contributed by atoms with Gasteiger partial charge < -0.3 is 9.72 Å². The summed E-state index contributed by atoms with van der Waals surface area (Å²) in [7, 11) is 0. The number of hydrogen-bond donors (Lipinski definition) is 1. The Morgan fingerprint density at radius 1 is 1.04 bits per heavy atom. The minimum Gasteiger partial charge on any atom is -0.352 e. The third-order valence-electron chi connectivity index (χ3n) is 4.51. The SMILES string of the molecule is O=C(Cc1c(-c2ccc(Cl)cc2)nc2ccccn12)NCc1ccccc1F. The van der Waals surface area contributed by atoms with E-state index in [0.29, 0.717) is 10.6 Å². The van der Waals surface area contributed by atoms with E-state index in [1.165, 1.54) is 6.07 Å². The number of carbonyl (C=O) groups excluding carboxylic acids is 1. The number of rotatable bonds is 5. The van der Waals surface area contributed by atoms with Gasteiger partial charge >= 0.3 is 0 Å². The summed E-state index contributed by atoms with van der Waals surface area (Å²) in [5.41, 5.74) is 3.58. The van der Waals surface area contributed by atoms with Crippen molar-refractivity contribution in [1.82, 2.24) is 14.7 Å². The molecule has 4 rings (SSSR count). The van der Waals surface area contributed by atoms with Crippen molar-refractivity contribution in [3.8, 4) is 11.3 Å². The summed E-state index contributed by atoms with van der Waals surface area (Å²) in [5.74, 6) is -0.538. The van der Waals surface area contributed by atoms with Crippen LogP contribution in [0.4, 0.5) is 4.39 Å². The van der Waals surface area contributed by atoms with Crippen LogP contribution < -0.4 is 5.32 Å². The fourth-order valence-electron chi connectivity index (χ4n) is 3.10. The number of hydrogen-bond acceptors (Lipinski definition) is 2. The molecule has 0 fully saturated rings. The Kier molecular flexibility index (Phi) is 5.08. The number of carbonyl (C=O) groups is 1. The number of amides is 1. The molecule has 4 nitrogen and oxygen atoms in total. The first-order valence-electron chi connectivity index (χ1n) is 8.84. The minimum atomic E-state index is -0.334. The average Bonchev–Trinajstić information content (AvgIpc) is 3.06. The van der Waals surface area contributed by atoms with Crippen LogP contribution in [0.3, 0.4) is 0 Å². The maximum atomic E-state index is 13.8. The first-order valence-corrected chi connectivity index (χ1v) is 9.21. The molecular weight excluding hydrogens is 377 g/mol. The van der Waals surface area contributed by atoms with Gasteiger partial charge in [-0.2, -0.15) is 0 Å². The first-order chi connectivity index (χ1) is 13.6. The molecule has 0 saturated heterocycles. The summed E-state index contributed by atoms with van der Waals surface area (Å²) in [6.45, 7) is 0.137. The Morgan fingerprint density at radius 2 is 1.79 bits per heavy atom. The topological polar surface area (TPSA) is 46.4 Å². The minimum absolute atomic E-state index is 0.123. The van der Waals surface area contributed by atoms with Crippen LogP contribution in [-0.2, 0) is 17.8 Å². The number of pyridine rings is 1. The zero-order valence-corrected chi connectivity index (χ0v) is 15.7. The van der Waals surface area contributed by atoms with Gasteiger partial charge in [-0.1, -0.05) is 48.0 Å². The van der Waals surface area contributed by atoms with Gasteiger partial charge in [-0.3, -0.25) is 4.79 Å². The molecule has 0 spiro atoms. The maximum absolute atomic E-state index is 13.8. The van der Waals surface area contributed by atoms with E-state index < -0.39 is 0 Å². The van der Waals surface area contributed by atoms with Gasteiger partial charge in [0.25, 0.3) is 0 Å². The molecule has 6 heteroatoms. The van der Waals surface area contributed by atoms with Crippen molar-refractivity contribution in [3.05, 3.63) is 95.0 Å². The molecule has 0 aliphatic rings. The van der Waals surface area contributed by atoms with Crippen molar-refractivity contribution < 1.29 is 9.18 Å². The van der Waals surface area contributed by atoms with Crippen molar-refractivity contribution in [3.63, 3.8) is 0 Å². The second-order valence-corrected chi connectivity index (χ2v) is 6.82. The third-order valence-corrected chi connectivity index (χ3v) is 4.76. The Balaban J connectivity index is 1.62. The molecule has 0 bridgehead atoms. The second kappa shape index (κ2) is 7.82. The quantitative estimate of drug-likeness (QED) is 0.536. The third kappa shape index (κ3) is 3.75. The number of fused-ring (bicyclic) bond motifs is 1. The molecule has 2 aromatic carbocycles. The lowest BCUT2D eigenvalue weighted by atomic mass is 10.1. The van der Waals surface area contributed by atoms with Crippen LogP contribution in [0.2, 0.25) is 5.02 Å². The monoisotopic (exact) mass is 393 g/mol. The summed E-state index contributed by atoms with van der Waals surface area (Å²) < 4.78 is 15.7. The largest absolute Gasteiger partial charge is 0.352 e. The highest BCUT2D eigenvalue weighted by molar-refractivity contribution is 6.30. The summed E-state index contributed by atoms with van der Waals surface area (Å²) in [5, 5.41) is 3.43. The van der Waals surface area contributed by atoms with Crippen LogP contribution in [0, 0.1) is 5.82 Å². The summed E-state index contributed by atoms with van der Waals surface area (Å²) >= 11 is 5.99. The van der Waals surface area contributed by atoms with Crippen LogP contribution in [0.25, 0.3) is 16.9 Å². The smallest absolute Gasteiger partial charge is 0.226 e. The Hall–Kier alpha value is -3.18. The molecule has 4 aromatic rings. The molecular formula is C22H17ClFN3O. The van der Waals surface area contributed by atoms with E-state index in [1.807, 2.05) is 40.9 Å². The lowest BCUT2D eigenvalue weighted by molar-refractivity contribution is -0.120. The van der Waals surface area contributed by atoms with E-state index in [1.54, 1.807) is 30.3 Å². The van der Waals surface area contributed by atoms with Crippen molar-refractivity contribution >= 4 is 23.2 Å². The van der Waals surface area contributed by atoms with Gasteiger partial charge in [-0.05, 0) is 30.3 Å². The number of halogens is 2. The zero-order chi connectivity index (χ0) is 19.5. The molecule has 0 saturated carbocycles. The van der Waals surface area contributed by atoms with Crippen molar-refractivity contribution in [2.45, 2.75) is 13.0 Å². The van der Waals surface area contributed by atoms with Crippen LogP contribution >= 0.6 is 11.6 Å². The molecule has 2 aromatic heterocycles. The van der Waals surface area contributed by atoms with Gasteiger partial charge in [0.1, 0.15) is 11.5 Å². The van der Waals surface area contributed by atoms with Gasteiger partial charge in [0, 0.05) is 28.9 Å². The van der Waals surface area contributed by atoms with E-state index in [2.05, 4.69) is 10.3 Å². The fraction of sp³-hybridized carbons (Fsp3) is 0.0909. The van der Waals surface area contributed by atoms with E-state index in [9.17, 15) is 9.18 Å². The highest BCUT2D eigenvalue weighted by atomic mass is 35.5. The standard InChI is InChI=1S/C22H17ClFN3O/c23-17-10-8-15(9-11-17)22-19(27-12-4-3-7-20(27)26-22)13-21(28)25-14-16-5-1-2-6-18(16)24/h1-12H,13-14H2,(H,25,28). The molecule has 0 unspecified atom stereocenters. The Morgan fingerprint density at radius 3 is 2.57 bits per heavy atom. The van der Waals surface area contributed by atoms with Crippen LogP contribution in [-0.4, -0.2) is 15.3 Å². The lowest BCUT2D eigenvalue weighted by Gasteiger charge is -2.08. The molecule has 28 heavy (non-hydrogen) atoms. The van der Waals surface area contributed by atoms with Gasteiger partial charge in [0.05, 0.1) is 17.8 Å². The Labute approximate surface area is 166 Å². The van der Waals surface area contributed by atoms with Gasteiger partial charge in [0.15, 0.2) is 0 Å². The molecule has 2 heterocycles. The summed E-state index contributed by atoms with van der Waals surface area (Å²) in [6.07, 6.45) is 2.00. The number of benzene rings is 2. The fourth-order valence-corrected chi connectivity index (χ4v) is 3.23. The predicted molar refractivity (Wildman–Crippen MR) is 108 cm³/mol. The molecule has 1 N–H and O–H groups in total. The summed E-state index contributed by atoms with van der Waals surface area (Å²) in [4.78, 5) is 17.3. The van der Waals surface area contributed by atoms with Gasteiger partial charge in [-0.15, -0.1) is 0 Å². The highest BCUT2D eigenvalue weighted by Crippen LogP contribution is 2.26. The van der Waals surface area contributed by atoms with Crippen molar-refractivity contribution in [2.75, 3.05) is 0 Å². The van der Waals surface area contributed by atoms with E-state index in [4.69, 9.17) is 11.6 Å². The normalized spacial score (nSPS) is 10.9. The number of imidazole rings is 1. The predicted octanol–water partition coefficient (Wildman–Crippen LogP) is 4.65. The maximum Gasteiger partial charge on any atom is 0.226 e. The van der Waals surface area contributed by atoms with E-state index >= 15 is 0 Å². The molecule has 0 aliphatic carbocycles. The molecule has 0 aliphatic heterocycles. The molecule has 1 amide bonds. The van der Waals surface area contributed by atoms with Gasteiger partial charge in [-0.25, -0.2) is 9.37 Å².